The molecule has 236 valence electrons. The molecule has 44 heavy (non-hydrogen) atoms. The van der Waals surface area contributed by atoms with Crippen LogP contribution >= 0.6 is 11.3 Å². The molecule has 3 aliphatic heterocycles. The smallest absolute Gasteiger partial charge is 0.179 e. The molecule has 4 aliphatic rings. The molecule has 1 saturated carbocycles. The number of aromatic nitrogens is 1. The predicted molar refractivity (Wildman–Crippen MR) is 177 cm³/mol. The first-order chi connectivity index (χ1) is 20.9. The lowest BCUT2D eigenvalue weighted by molar-refractivity contribution is -0.128. The third-order valence-corrected chi connectivity index (χ3v) is 13.9. The Morgan fingerprint density at radius 1 is 1.00 bits per heavy atom. The second kappa shape index (κ2) is 11.2. The van der Waals surface area contributed by atoms with E-state index < -0.39 is 15.3 Å². The number of carbonyl (C=O) groups is 2. The summed E-state index contributed by atoms with van der Waals surface area (Å²) in [5.74, 6) is 1.43. The molecular weight excluding hydrogens is 593 g/mol. The van der Waals surface area contributed by atoms with Crippen LogP contribution in [0.3, 0.4) is 0 Å². The molecule has 10 heteroatoms. The van der Waals surface area contributed by atoms with Crippen molar-refractivity contribution in [1.82, 2.24) is 20.1 Å². The fourth-order valence-corrected chi connectivity index (χ4v) is 11.3. The van der Waals surface area contributed by atoms with Crippen molar-refractivity contribution >= 4 is 43.0 Å². The number of nitrogens with one attached hydrogen (secondary N) is 2. The lowest BCUT2D eigenvalue weighted by Gasteiger charge is -2.37. The van der Waals surface area contributed by atoms with Crippen LogP contribution in [0.4, 0.5) is 0 Å². The van der Waals surface area contributed by atoms with Crippen LogP contribution in [0.2, 0.25) is 0 Å². The summed E-state index contributed by atoms with van der Waals surface area (Å²) >= 11 is 1.61. The van der Waals surface area contributed by atoms with Crippen molar-refractivity contribution in [3.63, 3.8) is 0 Å². The van der Waals surface area contributed by atoms with Crippen LogP contribution in [-0.4, -0.2) is 97.6 Å². The highest BCUT2D eigenvalue weighted by Gasteiger charge is 2.50. The van der Waals surface area contributed by atoms with Crippen LogP contribution < -0.4 is 5.32 Å². The number of piperidine rings is 1. The third-order valence-electron chi connectivity index (χ3n) is 10.7. The monoisotopic (exact) mass is 636 g/mol. The lowest BCUT2D eigenvalue weighted by atomic mass is 9.76. The van der Waals surface area contributed by atoms with E-state index in [9.17, 15) is 18.0 Å². The Kier molecular flexibility index (Phi) is 7.68. The van der Waals surface area contributed by atoms with Crippen LogP contribution in [0.25, 0.3) is 21.5 Å². The number of aryl methyl sites for hydroxylation is 2. The number of carbonyl (C=O) groups excluding carboxylic acids is 2. The Bertz CT molecular complexity index is 1690. The Labute approximate surface area is 264 Å². The summed E-state index contributed by atoms with van der Waals surface area (Å²) in [6, 6.07) is 8.90. The summed E-state index contributed by atoms with van der Waals surface area (Å²) in [5.41, 5.74) is 4.23. The fourth-order valence-electron chi connectivity index (χ4n) is 8.32. The molecule has 1 aliphatic carbocycles. The average Bonchev–Trinajstić information content (AvgIpc) is 3.78. The van der Waals surface area contributed by atoms with Crippen molar-refractivity contribution in [1.29, 1.82) is 0 Å². The number of H-pyrrole nitrogens is 1. The first-order valence-corrected chi connectivity index (χ1v) is 18.8. The molecular formula is C34H44N4O4S2. The molecule has 0 radical (unpaired) electrons. The van der Waals surface area contributed by atoms with Gasteiger partial charge >= 0.3 is 0 Å². The Morgan fingerprint density at radius 3 is 2.32 bits per heavy atom. The maximum atomic E-state index is 14.2. The normalized spacial score (nSPS) is 27.5. The van der Waals surface area contributed by atoms with E-state index in [0.29, 0.717) is 36.3 Å². The highest BCUT2D eigenvalue weighted by Crippen LogP contribution is 2.45. The lowest BCUT2D eigenvalue weighted by Crippen LogP contribution is -2.51. The van der Waals surface area contributed by atoms with Gasteiger partial charge in [0.25, 0.3) is 0 Å². The third kappa shape index (κ3) is 5.40. The van der Waals surface area contributed by atoms with Gasteiger partial charge in [-0.15, -0.1) is 11.3 Å². The minimum Gasteiger partial charge on any atom is -0.346 e. The van der Waals surface area contributed by atoms with Gasteiger partial charge in [0, 0.05) is 54.4 Å². The molecule has 3 aromatic rings. The van der Waals surface area contributed by atoms with Gasteiger partial charge in [0.05, 0.1) is 34.7 Å². The minimum absolute atomic E-state index is 0.0698. The summed E-state index contributed by atoms with van der Waals surface area (Å²) in [5, 5.41) is 4.46. The van der Waals surface area contributed by atoms with Crippen LogP contribution in [-0.2, 0) is 20.0 Å². The number of benzene rings is 1. The topological polar surface area (TPSA) is 103 Å². The zero-order chi connectivity index (χ0) is 31.0. The first-order valence-electron chi connectivity index (χ1n) is 16.1. The molecule has 4 fully saturated rings. The van der Waals surface area contributed by atoms with E-state index >= 15 is 0 Å². The summed E-state index contributed by atoms with van der Waals surface area (Å²) in [6.07, 6.45) is 2.91. The number of hydrogen-bond acceptors (Lipinski definition) is 8. The van der Waals surface area contributed by atoms with E-state index in [1.54, 1.807) is 11.3 Å². The highest BCUT2D eigenvalue weighted by atomic mass is 32.2. The standard InChI is InChI=1S/C34H44N4O4S2/c1-20-13-21(2)15-23(14-20)31-30(27(39)18-37-8-10-38(11-9-37)24-7-12-44(41,42)19-24)25-16-28(43-33(25)36-31)34(3,4)32(40)29-22-5-6-26(29)35-17-22/h13-16,22,24,26,29,35-36H,5-12,17-19H2,1-4H3. The predicted octanol–water partition coefficient (Wildman–Crippen LogP) is 4.35. The molecule has 0 spiro atoms. The van der Waals surface area contributed by atoms with E-state index in [1.165, 1.54) is 0 Å². The second-order valence-corrected chi connectivity index (χ2v) is 17.5. The fraction of sp³-hybridized carbons (Fsp3) is 0.588. The van der Waals surface area contributed by atoms with Crippen molar-refractivity contribution < 1.29 is 18.0 Å². The SMILES string of the molecule is Cc1cc(C)cc(-c2[nH]c3sc(C(C)(C)C(=O)C4C5CCC4NC5)cc3c2C(=O)CN2CCN(C3CCS(=O)(=O)C3)CC2)c1. The number of thiophene rings is 1. The highest BCUT2D eigenvalue weighted by molar-refractivity contribution is 7.91. The van der Waals surface area contributed by atoms with Gasteiger partial charge in [-0.25, -0.2) is 8.42 Å². The van der Waals surface area contributed by atoms with Gasteiger partial charge in [0.1, 0.15) is 10.6 Å². The molecule has 1 aromatic carbocycles. The largest absolute Gasteiger partial charge is 0.346 e. The van der Waals surface area contributed by atoms with Gasteiger partial charge in [0.2, 0.25) is 0 Å². The number of ketones is 2. The number of nitrogens with zero attached hydrogens (tertiary/aromatic N) is 2. The molecule has 4 atom stereocenters. The summed E-state index contributed by atoms with van der Waals surface area (Å²) in [7, 11) is -2.92. The minimum atomic E-state index is -2.92. The maximum absolute atomic E-state index is 14.2. The zero-order valence-electron chi connectivity index (χ0n) is 26.2. The molecule has 2 N–H and O–H groups in total. The van der Waals surface area contributed by atoms with Gasteiger partial charge in [-0.2, -0.15) is 0 Å². The van der Waals surface area contributed by atoms with Crippen LogP contribution in [0.1, 0.15) is 59.5 Å². The molecule has 4 unspecified atom stereocenters. The summed E-state index contributed by atoms with van der Waals surface area (Å²) < 4.78 is 24.0. The van der Waals surface area contributed by atoms with Crippen LogP contribution in [0.5, 0.6) is 0 Å². The van der Waals surface area contributed by atoms with E-state index in [0.717, 1.165) is 83.0 Å². The van der Waals surface area contributed by atoms with Gasteiger partial charge in [-0.05, 0) is 83.2 Å². The Hall–Kier alpha value is -2.37. The Balaban J connectivity index is 1.17. The van der Waals surface area contributed by atoms with Crippen molar-refractivity contribution in [3.8, 4) is 11.3 Å². The number of aromatic amines is 1. The summed E-state index contributed by atoms with van der Waals surface area (Å²) in [6.45, 7) is 12.5. The van der Waals surface area contributed by atoms with E-state index in [-0.39, 0.29) is 29.2 Å². The second-order valence-electron chi connectivity index (χ2n) is 14.3. The molecule has 0 amide bonds. The summed E-state index contributed by atoms with van der Waals surface area (Å²) in [4.78, 5) is 38.3. The van der Waals surface area contributed by atoms with Crippen LogP contribution in [0, 0.1) is 25.7 Å². The van der Waals surface area contributed by atoms with Gasteiger partial charge in [0.15, 0.2) is 15.6 Å². The van der Waals surface area contributed by atoms with Crippen molar-refractivity contribution in [3.05, 3.63) is 45.8 Å². The number of piperazine rings is 1. The van der Waals surface area contributed by atoms with Crippen molar-refractivity contribution in [2.75, 3.05) is 50.8 Å². The van der Waals surface area contributed by atoms with Gasteiger partial charge in [-0.1, -0.05) is 17.2 Å². The number of fused-ring (bicyclic) bond motifs is 3. The number of hydrogen-bond donors (Lipinski definition) is 2. The zero-order valence-corrected chi connectivity index (χ0v) is 27.9. The van der Waals surface area contributed by atoms with Crippen molar-refractivity contribution in [2.24, 2.45) is 11.8 Å². The molecule has 7 rings (SSSR count). The molecule has 2 aromatic heterocycles. The average molecular weight is 637 g/mol. The van der Waals surface area contributed by atoms with E-state index in [2.05, 4.69) is 72.1 Å². The molecule has 3 saturated heterocycles. The molecule has 2 bridgehead atoms. The molecule has 5 heterocycles. The van der Waals surface area contributed by atoms with Crippen molar-refractivity contribution in [2.45, 2.75) is 64.5 Å². The van der Waals surface area contributed by atoms with E-state index in [4.69, 9.17) is 0 Å². The first kappa shape index (κ1) is 30.3. The van der Waals surface area contributed by atoms with Gasteiger partial charge < -0.3 is 10.3 Å². The number of rotatable bonds is 8. The Morgan fingerprint density at radius 2 is 1.73 bits per heavy atom. The van der Waals surface area contributed by atoms with Gasteiger partial charge in [-0.3, -0.25) is 19.4 Å². The van der Waals surface area contributed by atoms with Crippen LogP contribution in [0.15, 0.2) is 24.3 Å². The molecule has 8 nitrogen and oxygen atoms in total. The number of sulfone groups is 1. The van der Waals surface area contributed by atoms with E-state index in [1.807, 2.05) is 0 Å². The maximum Gasteiger partial charge on any atom is 0.179 e. The number of Topliss-reactive ketones (excluding diaryl/α,β-unsaturated/α-hetero) is 2. The quantitative estimate of drug-likeness (QED) is 0.355.